The molecule has 2 amide bonds. The molecule has 1 saturated heterocycles. The average Bonchev–Trinajstić information content (AvgIpc) is 3.11. The van der Waals surface area contributed by atoms with Crippen molar-refractivity contribution in [3.05, 3.63) is 59.5 Å². The van der Waals surface area contributed by atoms with Crippen molar-refractivity contribution in [3.8, 4) is 0 Å². The highest BCUT2D eigenvalue weighted by Gasteiger charge is 2.43. The van der Waals surface area contributed by atoms with Gasteiger partial charge in [-0.1, -0.05) is 17.7 Å². The molecule has 1 saturated carbocycles. The lowest BCUT2D eigenvalue weighted by Gasteiger charge is -2.28. The largest absolute Gasteiger partial charge is 0.472 e. The molecule has 1 aliphatic heterocycles. The molecule has 130 valence electrons. The molecule has 0 spiro atoms. The number of carbonyl (C=O) groups excluding carboxylic acids is 2. The number of carbonyl (C=O) groups is 2. The van der Waals surface area contributed by atoms with Gasteiger partial charge in [-0.3, -0.25) is 9.59 Å². The van der Waals surface area contributed by atoms with E-state index in [1.54, 1.807) is 29.2 Å². The Hall–Kier alpha value is -2.21. The van der Waals surface area contributed by atoms with Gasteiger partial charge >= 0.3 is 0 Å². The monoisotopic (exact) mass is 356 g/mol. The molecule has 1 aliphatic carbocycles. The number of nitrogens with zero attached hydrogens (tertiary/aromatic N) is 1. The van der Waals surface area contributed by atoms with Gasteiger partial charge in [0.25, 0.3) is 5.91 Å². The van der Waals surface area contributed by atoms with E-state index in [1.165, 1.54) is 0 Å². The molecule has 1 aromatic heterocycles. The maximum atomic E-state index is 13.2. The summed E-state index contributed by atoms with van der Waals surface area (Å²) in [7, 11) is 0. The molecule has 2 aliphatic rings. The Morgan fingerprint density at radius 3 is 2.60 bits per heavy atom. The maximum absolute atomic E-state index is 13.2. The van der Waals surface area contributed by atoms with Crippen LogP contribution in [-0.4, -0.2) is 34.6 Å². The van der Waals surface area contributed by atoms with Crippen molar-refractivity contribution < 1.29 is 14.0 Å². The standard InChI is InChI=1S/C19H20N2O3S/c1-12-2-4-13(5-3-12)18(23)21-16(17(22)20-15-6-7-15)11-25-19(21)14-8-9-24-10-14/h2-5,8-10,15-16,19H,6-7,11H2,1H3,(H,20,22). The summed E-state index contributed by atoms with van der Waals surface area (Å²) < 4.78 is 5.19. The van der Waals surface area contributed by atoms with E-state index >= 15 is 0 Å². The number of nitrogens with one attached hydrogen (secondary N) is 1. The van der Waals surface area contributed by atoms with E-state index in [0.29, 0.717) is 11.3 Å². The third kappa shape index (κ3) is 3.31. The van der Waals surface area contributed by atoms with Gasteiger partial charge in [-0.05, 0) is 38.0 Å². The summed E-state index contributed by atoms with van der Waals surface area (Å²) in [6.45, 7) is 1.99. The lowest BCUT2D eigenvalue weighted by molar-refractivity contribution is -0.125. The van der Waals surface area contributed by atoms with Gasteiger partial charge in [-0.15, -0.1) is 11.8 Å². The van der Waals surface area contributed by atoms with E-state index in [9.17, 15) is 9.59 Å². The van der Waals surface area contributed by atoms with Crippen LogP contribution >= 0.6 is 11.8 Å². The van der Waals surface area contributed by atoms with Crippen molar-refractivity contribution >= 4 is 23.6 Å². The van der Waals surface area contributed by atoms with Crippen LogP contribution in [0.15, 0.2) is 47.3 Å². The van der Waals surface area contributed by atoms with Gasteiger partial charge in [0.2, 0.25) is 5.91 Å². The van der Waals surface area contributed by atoms with Crippen LogP contribution in [0, 0.1) is 6.92 Å². The van der Waals surface area contributed by atoms with E-state index < -0.39 is 6.04 Å². The first kappa shape index (κ1) is 16.3. The SMILES string of the molecule is Cc1ccc(C(=O)N2C(C(=O)NC3CC3)CSC2c2ccoc2)cc1. The molecular formula is C19H20N2O3S. The topological polar surface area (TPSA) is 62.6 Å². The number of thioether (sulfide) groups is 1. The third-order valence-corrected chi connectivity index (χ3v) is 5.91. The lowest BCUT2D eigenvalue weighted by atomic mass is 10.1. The molecule has 2 unspecified atom stereocenters. The fourth-order valence-electron chi connectivity index (χ4n) is 3.00. The Kier molecular flexibility index (Phi) is 4.29. The van der Waals surface area contributed by atoms with Crippen molar-refractivity contribution in [2.45, 2.75) is 37.2 Å². The molecular weight excluding hydrogens is 336 g/mol. The summed E-state index contributed by atoms with van der Waals surface area (Å²) in [5.74, 6) is 0.417. The normalized spacial score (nSPS) is 22.8. The molecule has 0 bridgehead atoms. The predicted molar refractivity (Wildman–Crippen MR) is 96.2 cm³/mol. The molecule has 5 nitrogen and oxygen atoms in total. The van der Waals surface area contributed by atoms with Crippen LogP contribution in [0.3, 0.4) is 0 Å². The summed E-state index contributed by atoms with van der Waals surface area (Å²) in [5.41, 5.74) is 2.61. The fraction of sp³-hybridized carbons (Fsp3) is 0.368. The molecule has 0 radical (unpaired) electrons. The lowest BCUT2D eigenvalue weighted by Crippen LogP contribution is -2.48. The summed E-state index contributed by atoms with van der Waals surface area (Å²) >= 11 is 1.60. The van der Waals surface area contributed by atoms with Crippen LogP contribution in [0.25, 0.3) is 0 Å². The molecule has 2 fully saturated rings. The Morgan fingerprint density at radius 2 is 1.96 bits per heavy atom. The van der Waals surface area contributed by atoms with Crippen LogP contribution < -0.4 is 5.32 Å². The number of rotatable bonds is 4. The highest BCUT2D eigenvalue weighted by molar-refractivity contribution is 7.99. The molecule has 2 atom stereocenters. The molecule has 1 N–H and O–H groups in total. The summed E-state index contributed by atoms with van der Waals surface area (Å²) in [6.07, 6.45) is 5.31. The highest BCUT2D eigenvalue weighted by Crippen LogP contribution is 2.42. The minimum Gasteiger partial charge on any atom is -0.472 e. The first-order valence-electron chi connectivity index (χ1n) is 8.47. The number of hydrogen-bond donors (Lipinski definition) is 1. The van der Waals surface area contributed by atoms with Crippen molar-refractivity contribution in [2.75, 3.05) is 5.75 Å². The first-order valence-corrected chi connectivity index (χ1v) is 9.52. The second kappa shape index (κ2) is 6.59. The van der Waals surface area contributed by atoms with Gasteiger partial charge in [0.1, 0.15) is 11.4 Å². The van der Waals surface area contributed by atoms with Crippen LogP contribution in [0.2, 0.25) is 0 Å². The fourth-order valence-corrected chi connectivity index (χ4v) is 4.41. The first-order chi connectivity index (χ1) is 12.1. The minimum absolute atomic E-state index is 0.0542. The average molecular weight is 356 g/mol. The van der Waals surface area contributed by atoms with Crippen molar-refractivity contribution in [1.82, 2.24) is 10.2 Å². The van der Waals surface area contributed by atoms with Crippen LogP contribution in [-0.2, 0) is 4.79 Å². The molecule has 25 heavy (non-hydrogen) atoms. The van der Waals surface area contributed by atoms with E-state index in [0.717, 1.165) is 24.0 Å². The molecule has 6 heteroatoms. The van der Waals surface area contributed by atoms with Gasteiger partial charge < -0.3 is 14.6 Å². The zero-order valence-corrected chi connectivity index (χ0v) is 14.8. The van der Waals surface area contributed by atoms with E-state index in [4.69, 9.17) is 4.42 Å². The summed E-state index contributed by atoms with van der Waals surface area (Å²) in [4.78, 5) is 27.6. The van der Waals surface area contributed by atoms with E-state index in [-0.39, 0.29) is 23.2 Å². The Labute approximate surface area is 150 Å². The Bertz CT molecular complexity index is 768. The zero-order valence-electron chi connectivity index (χ0n) is 14.0. The molecule has 4 rings (SSSR count). The number of hydrogen-bond acceptors (Lipinski definition) is 4. The highest BCUT2D eigenvalue weighted by atomic mass is 32.2. The smallest absolute Gasteiger partial charge is 0.255 e. The number of furan rings is 1. The quantitative estimate of drug-likeness (QED) is 0.914. The molecule has 1 aromatic carbocycles. The van der Waals surface area contributed by atoms with Crippen molar-refractivity contribution in [1.29, 1.82) is 0 Å². The van der Waals surface area contributed by atoms with Gasteiger partial charge in [-0.2, -0.15) is 0 Å². The Balaban J connectivity index is 1.64. The van der Waals surface area contributed by atoms with Gasteiger partial charge in [0, 0.05) is 22.9 Å². The predicted octanol–water partition coefficient (Wildman–Crippen LogP) is 3.12. The number of aryl methyl sites for hydroxylation is 1. The van der Waals surface area contributed by atoms with Gasteiger partial charge in [-0.25, -0.2) is 0 Å². The van der Waals surface area contributed by atoms with Crippen LogP contribution in [0.1, 0.15) is 39.7 Å². The molecule has 2 heterocycles. The maximum Gasteiger partial charge on any atom is 0.255 e. The summed E-state index contributed by atoms with van der Waals surface area (Å²) in [5, 5.41) is 2.83. The number of amides is 2. The van der Waals surface area contributed by atoms with Gasteiger partial charge in [0.15, 0.2) is 0 Å². The van der Waals surface area contributed by atoms with E-state index in [1.807, 2.05) is 37.3 Å². The second-order valence-electron chi connectivity index (χ2n) is 6.62. The second-order valence-corrected chi connectivity index (χ2v) is 7.73. The van der Waals surface area contributed by atoms with Crippen LogP contribution in [0.4, 0.5) is 0 Å². The van der Waals surface area contributed by atoms with Crippen LogP contribution in [0.5, 0.6) is 0 Å². The third-order valence-electron chi connectivity index (χ3n) is 4.59. The summed E-state index contributed by atoms with van der Waals surface area (Å²) in [6, 6.07) is 9.16. The zero-order chi connectivity index (χ0) is 17.4. The molecule has 2 aromatic rings. The van der Waals surface area contributed by atoms with Gasteiger partial charge in [0.05, 0.1) is 12.5 Å². The van der Waals surface area contributed by atoms with Crippen molar-refractivity contribution in [3.63, 3.8) is 0 Å². The Morgan fingerprint density at radius 1 is 1.20 bits per heavy atom. The van der Waals surface area contributed by atoms with E-state index in [2.05, 4.69) is 5.32 Å². The minimum atomic E-state index is -0.459. The van der Waals surface area contributed by atoms with Crippen molar-refractivity contribution in [2.24, 2.45) is 0 Å². The number of benzene rings is 1.